The summed E-state index contributed by atoms with van der Waals surface area (Å²) >= 11 is 0. The lowest BCUT2D eigenvalue weighted by Gasteiger charge is -2.40. The van der Waals surface area contributed by atoms with Crippen LogP contribution in [0.25, 0.3) is 0 Å². The zero-order valence-corrected chi connectivity index (χ0v) is 56.3. The fraction of sp³-hybridized carbons (Fsp3) is 0.893. The number of ether oxygens (including phenoxy) is 3. The van der Waals surface area contributed by atoms with Crippen molar-refractivity contribution in [1.29, 1.82) is 0 Å². The normalized spacial score (nSPS) is 18.1. The lowest BCUT2D eigenvalue weighted by Crippen LogP contribution is -2.60. The first kappa shape index (κ1) is 81.9. The van der Waals surface area contributed by atoms with Crippen molar-refractivity contribution in [3.8, 4) is 0 Å². The molecular weight excluding hydrogens is 1070 g/mol. The van der Waals surface area contributed by atoms with Crippen LogP contribution in [0.3, 0.4) is 0 Å². The third-order valence-corrected chi connectivity index (χ3v) is 17.7. The molecule has 11 nitrogen and oxygen atoms in total. The molecule has 0 aromatic rings. The van der Waals surface area contributed by atoms with E-state index in [1.807, 2.05) is 6.08 Å². The molecule has 1 rings (SSSR count). The predicted octanol–water partition coefficient (Wildman–Crippen LogP) is 19.4. The molecule has 7 atom stereocenters. The number of allylic oxidation sites excluding steroid dienone is 5. The quantitative estimate of drug-likeness (QED) is 0.0195. The maximum Gasteiger partial charge on any atom is 0.305 e. The number of hydrogen-bond acceptors (Lipinski definition) is 10. The molecule has 0 bridgehead atoms. The van der Waals surface area contributed by atoms with Crippen molar-refractivity contribution in [1.82, 2.24) is 5.32 Å². The number of esters is 1. The Labute approximate surface area is 530 Å². The molecule has 7 unspecified atom stereocenters. The molecule has 506 valence electrons. The number of amides is 1. The van der Waals surface area contributed by atoms with E-state index in [-0.39, 0.29) is 18.5 Å². The first-order valence-corrected chi connectivity index (χ1v) is 37.3. The van der Waals surface area contributed by atoms with Crippen LogP contribution in [0.2, 0.25) is 0 Å². The molecular formula is C75H141NO10. The van der Waals surface area contributed by atoms with E-state index in [1.54, 1.807) is 6.08 Å². The fourth-order valence-corrected chi connectivity index (χ4v) is 11.9. The lowest BCUT2D eigenvalue weighted by atomic mass is 9.99. The van der Waals surface area contributed by atoms with Gasteiger partial charge in [-0.1, -0.05) is 326 Å². The van der Waals surface area contributed by atoms with Crippen LogP contribution in [0.4, 0.5) is 0 Å². The second-order valence-electron chi connectivity index (χ2n) is 26.0. The van der Waals surface area contributed by atoms with Gasteiger partial charge < -0.3 is 45.1 Å². The van der Waals surface area contributed by atoms with Crippen LogP contribution in [-0.2, 0) is 23.8 Å². The number of unbranched alkanes of at least 4 members (excludes halogenated alkanes) is 48. The van der Waals surface area contributed by atoms with Crippen LogP contribution in [-0.4, -0.2) is 100 Å². The van der Waals surface area contributed by atoms with Crippen molar-refractivity contribution in [2.75, 3.05) is 19.8 Å². The Morgan fingerprint density at radius 1 is 0.430 bits per heavy atom. The van der Waals surface area contributed by atoms with Crippen LogP contribution in [0.1, 0.15) is 367 Å². The highest BCUT2D eigenvalue weighted by molar-refractivity contribution is 5.76. The number of carbonyl (C=O) groups excluding carboxylic acids is 2. The van der Waals surface area contributed by atoms with E-state index >= 15 is 0 Å². The van der Waals surface area contributed by atoms with Gasteiger partial charge in [0, 0.05) is 12.8 Å². The second-order valence-corrected chi connectivity index (χ2v) is 26.0. The third-order valence-electron chi connectivity index (χ3n) is 17.7. The molecule has 0 aromatic carbocycles. The van der Waals surface area contributed by atoms with E-state index in [0.717, 1.165) is 57.8 Å². The minimum Gasteiger partial charge on any atom is -0.466 e. The first-order chi connectivity index (χ1) is 42.2. The Morgan fingerprint density at radius 2 is 0.779 bits per heavy atom. The molecule has 1 amide bonds. The largest absolute Gasteiger partial charge is 0.466 e. The number of rotatable bonds is 66. The fourth-order valence-electron chi connectivity index (χ4n) is 11.9. The number of aliphatic hydroxyl groups excluding tert-OH is 5. The Kier molecular flexibility index (Phi) is 61.3. The van der Waals surface area contributed by atoms with Gasteiger partial charge in [0.05, 0.1) is 32.0 Å². The summed E-state index contributed by atoms with van der Waals surface area (Å²) in [6.07, 6.45) is 73.0. The molecule has 11 heteroatoms. The van der Waals surface area contributed by atoms with E-state index in [2.05, 4.69) is 43.5 Å². The van der Waals surface area contributed by atoms with Crippen molar-refractivity contribution >= 4 is 11.9 Å². The Bertz CT molecular complexity index is 1520. The molecule has 0 radical (unpaired) electrons. The number of aliphatic hydroxyl groups is 5. The highest BCUT2D eigenvalue weighted by Gasteiger charge is 2.44. The minimum atomic E-state index is -1.57. The van der Waals surface area contributed by atoms with E-state index in [1.165, 1.54) is 283 Å². The second kappa shape index (κ2) is 64.4. The van der Waals surface area contributed by atoms with Crippen LogP contribution < -0.4 is 5.32 Å². The SMILES string of the molecule is CCCCCCCCCCCC/C=C/C(O)C(COC1OC(CO)C(O)C(O)C1O)NC(=O)CCCCCCCCCCCCCCCCCCC/C=C\C/C=C\CCCCCCCCCCCCCOC(=O)CCCCCCCCCCCCC. The molecule has 1 fully saturated rings. The molecule has 0 saturated carbocycles. The molecule has 0 spiro atoms. The smallest absolute Gasteiger partial charge is 0.305 e. The summed E-state index contributed by atoms with van der Waals surface area (Å²) in [5.74, 6) is -0.168. The van der Waals surface area contributed by atoms with Crippen molar-refractivity contribution in [2.24, 2.45) is 0 Å². The van der Waals surface area contributed by atoms with E-state index in [4.69, 9.17) is 14.2 Å². The average molecular weight is 1220 g/mol. The molecule has 1 saturated heterocycles. The lowest BCUT2D eigenvalue weighted by molar-refractivity contribution is -0.302. The summed E-state index contributed by atoms with van der Waals surface area (Å²) in [6.45, 7) is 4.37. The summed E-state index contributed by atoms with van der Waals surface area (Å²) in [4.78, 5) is 25.1. The van der Waals surface area contributed by atoms with Gasteiger partial charge in [0.2, 0.25) is 5.91 Å². The van der Waals surface area contributed by atoms with Gasteiger partial charge in [0.15, 0.2) is 6.29 Å². The minimum absolute atomic E-state index is 0.0101. The van der Waals surface area contributed by atoms with E-state index < -0.39 is 49.5 Å². The molecule has 1 aliphatic heterocycles. The number of carbonyl (C=O) groups is 2. The van der Waals surface area contributed by atoms with Gasteiger partial charge in [-0.25, -0.2) is 0 Å². The highest BCUT2D eigenvalue weighted by atomic mass is 16.7. The Hall–Kier alpha value is -2.12. The summed E-state index contributed by atoms with van der Waals surface area (Å²) in [6, 6.07) is -0.808. The summed E-state index contributed by atoms with van der Waals surface area (Å²) in [5.41, 5.74) is 0. The molecule has 0 aliphatic carbocycles. The van der Waals surface area contributed by atoms with Gasteiger partial charge in [-0.15, -0.1) is 0 Å². The maximum absolute atomic E-state index is 13.1. The van der Waals surface area contributed by atoms with Crippen molar-refractivity contribution in [3.63, 3.8) is 0 Å². The van der Waals surface area contributed by atoms with Gasteiger partial charge in [-0.2, -0.15) is 0 Å². The van der Waals surface area contributed by atoms with E-state index in [9.17, 15) is 35.1 Å². The summed E-state index contributed by atoms with van der Waals surface area (Å²) in [7, 11) is 0. The average Bonchev–Trinajstić information content (AvgIpc) is 3.61. The monoisotopic (exact) mass is 1220 g/mol. The Morgan fingerprint density at radius 3 is 1.17 bits per heavy atom. The molecule has 1 heterocycles. The van der Waals surface area contributed by atoms with Gasteiger partial charge >= 0.3 is 5.97 Å². The molecule has 6 N–H and O–H groups in total. The Balaban J connectivity index is 1.94. The van der Waals surface area contributed by atoms with Crippen molar-refractivity contribution in [2.45, 2.75) is 410 Å². The van der Waals surface area contributed by atoms with Crippen LogP contribution in [0.15, 0.2) is 36.5 Å². The zero-order valence-electron chi connectivity index (χ0n) is 56.3. The topological polar surface area (TPSA) is 175 Å². The van der Waals surface area contributed by atoms with Crippen LogP contribution >= 0.6 is 0 Å². The van der Waals surface area contributed by atoms with Gasteiger partial charge in [0.25, 0.3) is 0 Å². The van der Waals surface area contributed by atoms with Crippen molar-refractivity contribution < 1.29 is 49.3 Å². The maximum atomic E-state index is 13.1. The summed E-state index contributed by atoms with van der Waals surface area (Å²) in [5, 5.41) is 54.5. The molecule has 0 aromatic heterocycles. The third kappa shape index (κ3) is 52.6. The van der Waals surface area contributed by atoms with Gasteiger partial charge in [-0.3, -0.25) is 9.59 Å². The number of nitrogens with one attached hydrogen (secondary N) is 1. The van der Waals surface area contributed by atoms with Crippen molar-refractivity contribution in [3.05, 3.63) is 36.5 Å². The van der Waals surface area contributed by atoms with E-state index in [0.29, 0.717) is 19.4 Å². The van der Waals surface area contributed by atoms with Crippen LogP contribution in [0.5, 0.6) is 0 Å². The predicted molar refractivity (Wildman–Crippen MR) is 361 cm³/mol. The standard InChI is InChI=1S/C75H141NO10/c1-3-5-7-9-11-13-15-42-45-49-53-57-61-68(78)67(66-85-75-74(83)73(82)72(81)69(65-77)86-75)76-70(79)62-58-54-50-46-43-39-37-35-33-31-29-27-25-23-21-19-17-16-18-20-22-24-26-28-30-32-34-36-38-40-44-48-52-56-60-64-84-71(80)63-59-55-51-47-41-14-12-10-8-6-4-2/h18,20,24,26,57,61,67-69,72-75,77-78,81-83H,3-17,19,21-23,25,27-56,58-60,62-66H2,1-2H3,(H,76,79)/b20-18-,26-24-,61-57+. The molecule has 1 aliphatic rings. The first-order valence-electron chi connectivity index (χ1n) is 37.3. The molecule has 86 heavy (non-hydrogen) atoms. The number of hydrogen-bond donors (Lipinski definition) is 6. The van der Waals surface area contributed by atoms with Gasteiger partial charge in [0.1, 0.15) is 24.4 Å². The highest BCUT2D eigenvalue weighted by Crippen LogP contribution is 2.23. The zero-order chi connectivity index (χ0) is 62.3. The van der Waals surface area contributed by atoms with Gasteiger partial charge in [-0.05, 0) is 64.2 Å². The summed E-state index contributed by atoms with van der Waals surface area (Å²) < 4.78 is 16.7. The van der Waals surface area contributed by atoms with Crippen LogP contribution in [0, 0.1) is 0 Å².